The number of hydrogen-bond donors (Lipinski definition) is 0. The van der Waals surface area contributed by atoms with Crippen LogP contribution in [0.5, 0.6) is 0 Å². The molecule has 0 spiro atoms. The maximum absolute atomic E-state index is 12.5. The second-order valence-electron chi connectivity index (χ2n) is 3.80. The summed E-state index contributed by atoms with van der Waals surface area (Å²) < 4.78 is 26.0. The van der Waals surface area contributed by atoms with E-state index in [2.05, 4.69) is 4.98 Å². The Kier molecular flexibility index (Phi) is 3.89. The first-order valence-electron chi connectivity index (χ1n) is 5.59. The highest BCUT2D eigenvalue weighted by atomic mass is 32.1. The number of fused-ring (bicyclic) bond motifs is 1. The molecule has 1 aromatic carbocycles. The minimum absolute atomic E-state index is 0.242. The second-order valence-corrected chi connectivity index (χ2v) is 4.81. The van der Waals surface area contributed by atoms with Crippen molar-refractivity contribution < 1.29 is 8.78 Å². The molecule has 17 heavy (non-hydrogen) atoms. The molecule has 0 aliphatic carbocycles. The molecule has 0 unspecified atom stereocenters. The number of para-hydroxylation sites is 1. The normalized spacial score (nSPS) is 11.3. The van der Waals surface area contributed by atoms with Crippen LogP contribution in [0.2, 0.25) is 0 Å². The molecular formula is C12H14F2N2S. The van der Waals surface area contributed by atoms with Crippen molar-refractivity contribution in [2.24, 2.45) is 0 Å². The number of rotatable bonds is 5. The number of halogens is 2. The Morgan fingerprint density at radius 2 is 2.12 bits per heavy atom. The van der Waals surface area contributed by atoms with E-state index < -0.39 is 6.43 Å². The van der Waals surface area contributed by atoms with E-state index in [1.807, 2.05) is 31.2 Å². The van der Waals surface area contributed by atoms with Gasteiger partial charge in [-0.25, -0.2) is 13.8 Å². The summed E-state index contributed by atoms with van der Waals surface area (Å²) in [6.07, 6.45) is -1.49. The number of benzene rings is 1. The van der Waals surface area contributed by atoms with Crippen molar-refractivity contribution in [1.29, 1.82) is 0 Å². The van der Waals surface area contributed by atoms with Crippen LogP contribution in [0.1, 0.15) is 13.3 Å². The molecule has 92 valence electrons. The van der Waals surface area contributed by atoms with E-state index in [9.17, 15) is 8.78 Å². The largest absolute Gasteiger partial charge is 0.342 e. The fourth-order valence-electron chi connectivity index (χ4n) is 1.70. The Hall–Kier alpha value is -1.23. The van der Waals surface area contributed by atoms with Gasteiger partial charge in [0.25, 0.3) is 6.43 Å². The molecule has 0 aliphatic rings. The van der Waals surface area contributed by atoms with Crippen LogP contribution >= 0.6 is 11.3 Å². The van der Waals surface area contributed by atoms with E-state index in [4.69, 9.17) is 0 Å². The molecule has 0 fully saturated rings. The van der Waals surface area contributed by atoms with Crippen molar-refractivity contribution >= 4 is 26.7 Å². The van der Waals surface area contributed by atoms with Crippen LogP contribution in [0.25, 0.3) is 10.2 Å². The fourth-order valence-corrected chi connectivity index (χ4v) is 2.70. The summed E-state index contributed by atoms with van der Waals surface area (Å²) in [7, 11) is 0. The third kappa shape index (κ3) is 2.91. The Labute approximate surface area is 103 Å². The summed E-state index contributed by atoms with van der Waals surface area (Å²) in [5.41, 5.74) is 0.878. The Morgan fingerprint density at radius 1 is 1.35 bits per heavy atom. The van der Waals surface area contributed by atoms with Gasteiger partial charge in [0.15, 0.2) is 5.13 Å². The van der Waals surface area contributed by atoms with Crippen molar-refractivity contribution in [2.75, 3.05) is 18.0 Å². The van der Waals surface area contributed by atoms with Gasteiger partial charge in [0.1, 0.15) is 0 Å². The molecule has 0 amide bonds. The van der Waals surface area contributed by atoms with Gasteiger partial charge < -0.3 is 4.90 Å². The summed E-state index contributed by atoms with van der Waals surface area (Å²) in [5, 5.41) is 0.688. The number of nitrogens with zero attached hydrogens (tertiary/aromatic N) is 2. The molecule has 0 aliphatic heterocycles. The lowest BCUT2D eigenvalue weighted by molar-refractivity contribution is 0.155. The molecule has 2 nitrogen and oxygen atoms in total. The van der Waals surface area contributed by atoms with Crippen molar-refractivity contribution in [3.05, 3.63) is 24.3 Å². The first-order valence-corrected chi connectivity index (χ1v) is 6.41. The van der Waals surface area contributed by atoms with Gasteiger partial charge in [-0.3, -0.25) is 0 Å². The number of thiazole rings is 1. The zero-order valence-corrected chi connectivity index (χ0v) is 10.4. The molecule has 2 aromatic rings. The summed E-state index contributed by atoms with van der Waals surface area (Å²) >= 11 is 1.47. The molecule has 2 rings (SSSR count). The van der Waals surface area contributed by atoms with Gasteiger partial charge in [-0.1, -0.05) is 30.4 Å². The highest BCUT2D eigenvalue weighted by molar-refractivity contribution is 7.22. The fraction of sp³-hybridized carbons (Fsp3) is 0.417. The minimum Gasteiger partial charge on any atom is -0.342 e. The van der Waals surface area contributed by atoms with Crippen molar-refractivity contribution in [2.45, 2.75) is 19.8 Å². The quantitative estimate of drug-likeness (QED) is 0.809. The number of aromatic nitrogens is 1. The lowest BCUT2D eigenvalue weighted by Gasteiger charge is -2.20. The van der Waals surface area contributed by atoms with Gasteiger partial charge >= 0.3 is 0 Å². The van der Waals surface area contributed by atoms with E-state index in [-0.39, 0.29) is 6.54 Å². The van der Waals surface area contributed by atoms with Crippen LogP contribution in [-0.2, 0) is 0 Å². The minimum atomic E-state index is -2.33. The third-order valence-corrected chi connectivity index (χ3v) is 3.50. The molecule has 5 heteroatoms. The lowest BCUT2D eigenvalue weighted by Crippen LogP contribution is -2.29. The molecular weight excluding hydrogens is 242 g/mol. The van der Waals surface area contributed by atoms with E-state index in [0.717, 1.165) is 16.6 Å². The highest BCUT2D eigenvalue weighted by Crippen LogP contribution is 2.28. The molecule has 1 heterocycles. The van der Waals surface area contributed by atoms with Crippen LogP contribution in [0, 0.1) is 0 Å². The maximum Gasteiger partial charge on any atom is 0.255 e. The molecule has 0 atom stereocenters. The second kappa shape index (κ2) is 5.40. The van der Waals surface area contributed by atoms with Crippen LogP contribution in [-0.4, -0.2) is 24.5 Å². The molecule has 1 aromatic heterocycles. The Bertz CT molecular complexity index is 451. The first kappa shape index (κ1) is 12.2. The molecule has 0 saturated heterocycles. The smallest absolute Gasteiger partial charge is 0.255 e. The predicted molar refractivity (Wildman–Crippen MR) is 68.1 cm³/mol. The highest BCUT2D eigenvalue weighted by Gasteiger charge is 2.15. The summed E-state index contributed by atoms with van der Waals surface area (Å²) in [4.78, 5) is 6.06. The van der Waals surface area contributed by atoms with Gasteiger partial charge in [0.05, 0.1) is 16.8 Å². The predicted octanol–water partition coefficient (Wildman–Crippen LogP) is 3.78. The van der Waals surface area contributed by atoms with Gasteiger partial charge in [-0.2, -0.15) is 0 Å². The van der Waals surface area contributed by atoms with Crippen molar-refractivity contribution in [3.63, 3.8) is 0 Å². The SMILES string of the molecule is CCCN(CC(F)F)c1nc2ccccc2s1. The van der Waals surface area contributed by atoms with Crippen LogP contribution in [0.4, 0.5) is 13.9 Å². The monoisotopic (exact) mass is 256 g/mol. The summed E-state index contributed by atoms with van der Waals surface area (Å²) in [5.74, 6) is 0. The summed E-state index contributed by atoms with van der Waals surface area (Å²) in [6.45, 7) is 2.35. The summed E-state index contributed by atoms with van der Waals surface area (Å²) in [6, 6.07) is 7.70. The van der Waals surface area contributed by atoms with Crippen molar-refractivity contribution in [3.8, 4) is 0 Å². The van der Waals surface area contributed by atoms with Gasteiger partial charge in [0, 0.05) is 6.54 Å². The van der Waals surface area contributed by atoms with Crippen LogP contribution < -0.4 is 4.90 Å². The molecule has 0 bridgehead atoms. The molecule has 0 N–H and O–H groups in total. The van der Waals surface area contributed by atoms with Crippen LogP contribution in [0.15, 0.2) is 24.3 Å². The zero-order chi connectivity index (χ0) is 12.3. The number of anilines is 1. The zero-order valence-electron chi connectivity index (χ0n) is 9.57. The lowest BCUT2D eigenvalue weighted by atomic mass is 10.3. The Balaban J connectivity index is 2.27. The topological polar surface area (TPSA) is 16.1 Å². The van der Waals surface area contributed by atoms with E-state index in [0.29, 0.717) is 11.7 Å². The first-order chi connectivity index (χ1) is 8.20. The maximum atomic E-state index is 12.5. The average molecular weight is 256 g/mol. The molecule has 0 radical (unpaired) electrons. The van der Waals surface area contributed by atoms with Gasteiger partial charge in [0.2, 0.25) is 0 Å². The number of hydrogen-bond acceptors (Lipinski definition) is 3. The molecule has 0 saturated carbocycles. The van der Waals surface area contributed by atoms with Crippen LogP contribution in [0.3, 0.4) is 0 Å². The standard InChI is InChI=1S/C12H14F2N2S/c1-2-7-16(8-11(13)14)12-15-9-5-3-4-6-10(9)17-12/h3-6,11H,2,7-8H2,1H3. The van der Waals surface area contributed by atoms with Gasteiger partial charge in [-0.15, -0.1) is 0 Å². The third-order valence-electron chi connectivity index (χ3n) is 2.41. The number of alkyl halides is 2. The van der Waals surface area contributed by atoms with Gasteiger partial charge in [-0.05, 0) is 18.6 Å². The van der Waals surface area contributed by atoms with E-state index >= 15 is 0 Å². The Morgan fingerprint density at radius 3 is 2.76 bits per heavy atom. The van der Waals surface area contributed by atoms with Crippen molar-refractivity contribution in [1.82, 2.24) is 4.98 Å². The average Bonchev–Trinajstić information content (AvgIpc) is 2.71. The van der Waals surface area contributed by atoms with E-state index in [1.165, 1.54) is 11.3 Å². The van der Waals surface area contributed by atoms with E-state index in [1.54, 1.807) is 4.90 Å².